The van der Waals surface area contributed by atoms with Gasteiger partial charge in [0.25, 0.3) is 23.6 Å². The molecule has 244 valence electrons. The first-order chi connectivity index (χ1) is 22.0. The van der Waals surface area contributed by atoms with Gasteiger partial charge in [-0.15, -0.1) is 0 Å². The minimum absolute atomic E-state index is 0.134. The number of nitrogens with zero attached hydrogens (tertiary/aromatic N) is 2. The number of ether oxygens (including phenoxy) is 1. The Morgan fingerprint density at radius 3 is 1.40 bits per heavy atom. The molecule has 8 nitrogen and oxygen atoms in total. The summed E-state index contributed by atoms with van der Waals surface area (Å²) < 4.78 is 5.69. The van der Waals surface area contributed by atoms with Gasteiger partial charge in [0.05, 0.1) is 35.0 Å². The number of rotatable bonds is 17. The molecular formula is C36H48BrN3O5. The van der Waals surface area contributed by atoms with Gasteiger partial charge in [-0.2, -0.15) is 0 Å². The number of nitrogens with one attached hydrogen (secondary N) is 1. The first-order valence-electron chi connectivity index (χ1n) is 16.8. The number of benzene rings is 2. The molecule has 9 heteroatoms. The van der Waals surface area contributed by atoms with E-state index >= 15 is 0 Å². The molecule has 0 aliphatic carbocycles. The summed E-state index contributed by atoms with van der Waals surface area (Å²) in [5.74, 6) is -0.543. The van der Waals surface area contributed by atoms with E-state index < -0.39 is 0 Å². The second kappa shape index (κ2) is 18.9. The summed E-state index contributed by atoms with van der Waals surface area (Å²) in [6, 6.07) is 14.2. The summed E-state index contributed by atoms with van der Waals surface area (Å²) in [6.07, 6.45) is 15.2. The number of amides is 4. The molecule has 0 aromatic heterocycles. The Labute approximate surface area is 276 Å². The van der Waals surface area contributed by atoms with Crippen LogP contribution in [-0.2, 0) is 4.74 Å². The number of hydrogen-bond acceptors (Lipinski definition) is 6. The fourth-order valence-corrected chi connectivity index (χ4v) is 6.51. The van der Waals surface area contributed by atoms with Crippen molar-refractivity contribution in [2.24, 2.45) is 0 Å². The molecule has 0 radical (unpaired) electrons. The van der Waals surface area contributed by atoms with Crippen LogP contribution in [0.3, 0.4) is 0 Å². The fraction of sp³-hybridized carbons (Fsp3) is 0.556. The summed E-state index contributed by atoms with van der Waals surface area (Å²) in [6.45, 7) is 3.88. The van der Waals surface area contributed by atoms with E-state index in [1.807, 2.05) is 12.1 Å². The summed E-state index contributed by atoms with van der Waals surface area (Å²) in [5.41, 5.74) is 2.20. The third kappa shape index (κ3) is 10.1. The van der Waals surface area contributed by atoms with E-state index in [0.29, 0.717) is 41.4 Å². The highest BCUT2D eigenvalue weighted by molar-refractivity contribution is 9.09. The van der Waals surface area contributed by atoms with Crippen LogP contribution in [0.25, 0.3) is 0 Å². The van der Waals surface area contributed by atoms with Crippen molar-refractivity contribution >= 4 is 39.6 Å². The molecule has 3 aliphatic rings. The van der Waals surface area contributed by atoms with Crippen LogP contribution in [0.15, 0.2) is 48.5 Å². The largest absolute Gasteiger partial charge is 0.376 e. The van der Waals surface area contributed by atoms with Crippen LogP contribution in [0.2, 0.25) is 0 Å². The number of hydrogen-bond donors (Lipinski definition) is 1. The molecule has 0 saturated carbocycles. The van der Waals surface area contributed by atoms with Crippen LogP contribution in [0.1, 0.15) is 125 Å². The lowest BCUT2D eigenvalue weighted by Crippen LogP contribution is -2.38. The maximum atomic E-state index is 12.3. The summed E-state index contributed by atoms with van der Waals surface area (Å²) >= 11 is 3.42. The Balaban J connectivity index is 0.000000210. The highest BCUT2D eigenvalue weighted by Gasteiger charge is 2.35. The quantitative estimate of drug-likeness (QED) is 0.110. The van der Waals surface area contributed by atoms with Gasteiger partial charge in [0.1, 0.15) is 0 Å². The lowest BCUT2D eigenvalue weighted by atomic mass is 10.1. The predicted molar refractivity (Wildman–Crippen MR) is 180 cm³/mol. The molecule has 4 amide bonds. The van der Waals surface area contributed by atoms with Crippen molar-refractivity contribution in [3.63, 3.8) is 0 Å². The average molecular weight is 683 g/mol. The second-order valence-corrected chi connectivity index (χ2v) is 12.8. The second-order valence-electron chi connectivity index (χ2n) is 12.0. The molecule has 2 aromatic carbocycles. The molecule has 1 fully saturated rings. The van der Waals surface area contributed by atoms with Crippen LogP contribution in [0.4, 0.5) is 0 Å². The minimum atomic E-state index is -0.137. The Bertz CT molecular complexity index is 1210. The molecule has 5 rings (SSSR count). The number of halogens is 1. The lowest BCUT2D eigenvalue weighted by molar-refractivity contribution is 0.0220. The Hall–Kier alpha value is -2.88. The molecule has 1 saturated heterocycles. The Morgan fingerprint density at radius 1 is 0.600 bits per heavy atom. The summed E-state index contributed by atoms with van der Waals surface area (Å²) in [4.78, 5) is 51.5. The van der Waals surface area contributed by atoms with Gasteiger partial charge in [-0.3, -0.25) is 29.0 Å². The zero-order chi connectivity index (χ0) is 31.9. The highest BCUT2D eigenvalue weighted by atomic mass is 79.9. The fourth-order valence-electron chi connectivity index (χ4n) is 6.11. The van der Waals surface area contributed by atoms with E-state index in [1.54, 1.807) is 36.4 Å². The first-order valence-corrected chi connectivity index (χ1v) is 17.9. The van der Waals surface area contributed by atoms with E-state index in [0.717, 1.165) is 63.6 Å². The highest BCUT2D eigenvalue weighted by Crippen LogP contribution is 2.24. The molecule has 2 aromatic rings. The van der Waals surface area contributed by atoms with E-state index in [1.165, 1.54) is 54.7 Å². The summed E-state index contributed by atoms with van der Waals surface area (Å²) in [7, 11) is 0. The molecular weight excluding hydrogens is 634 g/mol. The zero-order valence-corrected chi connectivity index (χ0v) is 28.0. The van der Waals surface area contributed by atoms with Gasteiger partial charge >= 0.3 is 0 Å². The number of morpholine rings is 1. The van der Waals surface area contributed by atoms with Gasteiger partial charge in [-0.1, -0.05) is 98.0 Å². The molecule has 0 bridgehead atoms. The van der Waals surface area contributed by atoms with Crippen molar-refractivity contribution in [2.75, 3.05) is 38.1 Å². The van der Waals surface area contributed by atoms with Crippen molar-refractivity contribution in [3.05, 3.63) is 70.8 Å². The van der Waals surface area contributed by atoms with Crippen molar-refractivity contribution < 1.29 is 23.9 Å². The molecule has 3 heterocycles. The number of fused-ring (bicyclic) bond motifs is 2. The average Bonchev–Trinajstić information content (AvgIpc) is 3.46. The van der Waals surface area contributed by atoms with Crippen LogP contribution in [0, 0.1) is 0 Å². The third-order valence-corrected chi connectivity index (χ3v) is 9.24. The van der Waals surface area contributed by atoms with Crippen molar-refractivity contribution in [1.29, 1.82) is 0 Å². The summed E-state index contributed by atoms with van der Waals surface area (Å²) in [5, 5.41) is 4.43. The monoisotopic (exact) mass is 681 g/mol. The molecule has 1 atom stereocenters. The number of carbonyl (C=O) groups is 4. The van der Waals surface area contributed by atoms with Gasteiger partial charge < -0.3 is 10.1 Å². The van der Waals surface area contributed by atoms with E-state index in [-0.39, 0.29) is 23.6 Å². The number of imide groups is 2. The number of unbranched alkanes of at least 4 members (excludes halogenated alkanes) is 10. The van der Waals surface area contributed by atoms with Gasteiger partial charge in [-0.25, -0.2) is 0 Å². The zero-order valence-electron chi connectivity index (χ0n) is 26.4. The molecule has 45 heavy (non-hydrogen) atoms. The molecule has 1 unspecified atom stereocenters. The topological polar surface area (TPSA) is 96.0 Å². The van der Waals surface area contributed by atoms with E-state index in [9.17, 15) is 19.2 Å². The van der Waals surface area contributed by atoms with E-state index in [4.69, 9.17) is 4.74 Å². The third-order valence-electron chi connectivity index (χ3n) is 8.68. The van der Waals surface area contributed by atoms with Gasteiger partial charge in [0.2, 0.25) is 0 Å². The van der Waals surface area contributed by atoms with Crippen molar-refractivity contribution in [2.45, 2.75) is 89.6 Å². The van der Waals surface area contributed by atoms with Gasteiger partial charge in [0.15, 0.2) is 0 Å². The minimum Gasteiger partial charge on any atom is -0.376 e. The Kier molecular flexibility index (Phi) is 14.7. The van der Waals surface area contributed by atoms with Crippen LogP contribution >= 0.6 is 15.9 Å². The first kappa shape index (κ1) is 35.0. The van der Waals surface area contributed by atoms with Gasteiger partial charge in [-0.05, 0) is 49.9 Å². The smallest absolute Gasteiger partial charge is 0.261 e. The molecule has 0 spiro atoms. The lowest BCUT2D eigenvalue weighted by Gasteiger charge is -2.23. The van der Waals surface area contributed by atoms with Crippen LogP contribution < -0.4 is 5.32 Å². The molecule has 1 N–H and O–H groups in total. The number of alkyl halides is 1. The maximum absolute atomic E-state index is 12.3. The van der Waals surface area contributed by atoms with Crippen LogP contribution in [0.5, 0.6) is 0 Å². The van der Waals surface area contributed by atoms with Gasteiger partial charge in [0, 0.05) is 31.5 Å². The SMILES string of the molecule is O=C1c2ccccc2C(=O)N1CCCCCCCCBr.O=C1c2ccccc2C(=O)N1CCCCCCCCC1CNCCO1. The standard InChI is InChI=1S/C20H28N2O3.C16H20BrNO2/c23-19-17-10-6-7-11-18(17)20(24)22(19)13-8-4-2-1-3-5-9-16-15-21-12-14-25-16;17-11-7-3-1-2-4-8-12-18-15(19)13-9-5-6-10-14(13)16(18)20/h6-7,10-11,16,21H,1-5,8-9,12-15H2;5-6,9-10H,1-4,7-8,11-12H2. The normalized spacial score (nSPS) is 17.4. The Morgan fingerprint density at radius 2 is 1.00 bits per heavy atom. The molecule has 3 aliphatic heterocycles. The number of carbonyl (C=O) groups excluding carboxylic acids is 4. The van der Waals surface area contributed by atoms with Crippen molar-refractivity contribution in [3.8, 4) is 0 Å². The predicted octanol–water partition coefficient (Wildman–Crippen LogP) is 7.02. The van der Waals surface area contributed by atoms with E-state index in [2.05, 4.69) is 21.2 Å². The maximum Gasteiger partial charge on any atom is 0.261 e. The van der Waals surface area contributed by atoms with Crippen LogP contribution in [-0.4, -0.2) is 77.6 Å². The van der Waals surface area contributed by atoms with Crippen molar-refractivity contribution in [1.82, 2.24) is 15.1 Å².